The van der Waals surface area contributed by atoms with E-state index in [0.717, 1.165) is 5.82 Å². The first-order valence-corrected chi connectivity index (χ1v) is 4.72. The molecule has 1 rings (SSSR count). The van der Waals surface area contributed by atoms with E-state index in [1.807, 2.05) is 40.0 Å². The molecule has 1 aromatic rings. The maximum atomic E-state index is 4.08. The highest BCUT2D eigenvalue weighted by Gasteiger charge is 1.98. The van der Waals surface area contributed by atoms with E-state index in [-0.39, 0.29) is 7.43 Å². The minimum atomic E-state index is 0. The van der Waals surface area contributed by atoms with Gasteiger partial charge >= 0.3 is 0 Å². The summed E-state index contributed by atoms with van der Waals surface area (Å²) in [5.41, 5.74) is 0. The van der Waals surface area contributed by atoms with Crippen molar-refractivity contribution in [3.8, 4) is 0 Å². The van der Waals surface area contributed by atoms with E-state index in [9.17, 15) is 0 Å². The van der Waals surface area contributed by atoms with Gasteiger partial charge in [-0.15, -0.1) is 5.10 Å². The first kappa shape index (κ1) is 14.9. The van der Waals surface area contributed by atoms with E-state index in [4.69, 9.17) is 0 Å². The molecule has 1 aromatic heterocycles. The predicted molar refractivity (Wildman–Crippen MR) is 61.5 cm³/mol. The Balaban J connectivity index is 0. The number of allylic oxidation sites excluding steroid dienone is 1. The molecule has 76 valence electrons. The van der Waals surface area contributed by atoms with Crippen molar-refractivity contribution >= 4 is 22.0 Å². The highest BCUT2D eigenvalue weighted by atomic mass is 79.9. The second-order valence-electron chi connectivity index (χ2n) is 1.86. The number of halogens is 1. The maximum absolute atomic E-state index is 4.08. The van der Waals surface area contributed by atoms with Crippen molar-refractivity contribution in [1.82, 2.24) is 14.8 Å². The first-order valence-electron chi connectivity index (χ1n) is 3.93. The molecule has 0 saturated heterocycles. The third kappa shape index (κ3) is 4.83. The fourth-order valence-electron chi connectivity index (χ4n) is 0.658. The van der Waals surface area contributed by atoms with Crippen LogP contribution in [0, 0.1) is 0 Å². The standard InChI is InChI=1S/C6H8BrN3.C2H6.CH4/c1-3-4-5-8-6(7)9-10(5)2;1-2;/h3-4H,1-2H3;1-2H3;1H4/b4-3-;;. The van der Waals surface area contributed by atoms with Crippen molar-refractivity contribution in [1.29, 1.82) is 0 Å². The van der Waals surface area contributed by atoms with Crippen molar-refractivity contribution in [2.75, 3.05) is 0 Å². The van der Waals surface area contributed by atoms with Crippen LogP contribution in [-0.2, 0) is 7.05 Å². The lowest BCUT2D eigenvalue weighted by molar-refractivity contribution is 0.751. The fraction of sp³-hybridized carbons (Fsp3) is 0.556. The Bertz CT molecular complexity index is 253. The molecule has 1 heterocycles. The summed E-state index contributed by atoms with van der Waals surface area (Å²) in [7, 11) is 1.85. The summed E-state index contributed by atoms with van der Waals surface area (Å²) < 4.78 is 2.34. The van der Waals surface area contributed by atoms with Crippen LogP contribution in [0.5, 0.6) is 0 Å². The molecule has 0 atom stereocenters. The van der Waals surface area contributed by atoms with E-state index in [0.29, 0.717) is 4.73 Å². The third-order valence-electron chi connectivity index (χ3n) is 1.09. The lowest BCUT2D eigenvalue weighted by Crippen LogP contribution is -1.92. The summed E-state index contributed by atoms with van der Waals surface area (Å²) in [6.45, 7) is 5.95. The molecule has 0 aliphatic rings. The van der Waals surface area contributed by atoms with E-state index < -0.39 is 0 Å². The highest BCUT2D eigenvalue weighted by molar-refractivity contribution is 9.10. The summed E-state index contributed by atoms with van der Waals surface area (Å²) in [5.74, 6) is 0.856. The van der Waals surface area contributed by atoms with E-state index in [1.165, 1.54) is 0 Å². The average molecular weight is 248 g/mol. The Morgan fingerprint density at radius 3 is 2.23 bits per heavy atom. The van der Waals surface area contributed by atoms with Crippen molar-refractivity contribution in [3.05, 3.63) is 16.6 Å². The van der Waals surface area contributed by atoms with Crippen LogP contribution >= 0.6 is 15.9 Å². The number of rotatable bonds is 1. The van der Waals surface area contributed by atoms with Gasteiger partial charge in [-0.2, -0.15) is 0 Å². The molecule has 0 radical (unpaired) electrons. The SMILES string of the molecule is C.C/C=C\c1nc(Br)nn1C.CC. The molecule has 0 unspecified atom stereocenters. The van der Waals surface area contributed by atoms with Crippen molar-refractivity contribution in [2.24, 2.45) is 7.05 Å². The van der Waals surface area contributed by atoms with Crippen molar-refractivity contribution in [2.45, 2.75) is 28.2 Å². The molecule has 0 spiro atoms. The summed E-state index contributed by atoms with van der Waals surface area (Å²) in [4.78, 5) is 4.08. The Hall–Kier alpha value is -0.640. The van der Waals surface area contributed by atoms with Crippen LogP contribution in [0.2, 0.25) is 0 Å². The Labute approximate surface area is 89.0 Å². The zero-order valence-electron chi connectivity index (χ0n) is 7.87. The topological polar surface area (TPSA) is 30.7 Å². The van der Waals surface area contributed by atoms with Gasteiger partial charge < -0.3 is 0 Å². The van der Waals surface area contributed by atoms with Gasteiger partial charge in [-0.05, 0) is 28.9 Å². The van der Waals surface area contributed by atoms with E-state index in [1.54, 1.807) is 4.68 Å². The Morgan fingerprint density at radius 1 is 1.38 bits per heavy atom. The van der Waals surface area contributed by atoms with Gasteiger partial charge in [0.05, 0.1) is 0 Å². The lowest BCUT2D eigenvalue weighted by Gasteiger charge is -1.87. The largest absolute Gasteiger partial charge is 0.248 e. The number of nitrogens with zero attached hydrogens (tertiary/aromatic N) is 3. The fourth-order valence-corrected chi connectivity index (χ4v) is 1.08. The lowest BCUT2D eigenvalue weighted by atomic mass is 10.5. The predicted octanol–water partition coefficient (Wildman–Crippen LogP) is 3.27. The van der Waals surface area contributed by atoms with Gasteiger partial charge in [-0.3, -0.25) is 0 Å². The zero-order valence-corrected chi connectivity index (χ0v) is 9.46. The van der Waals surface area contributed by atoms with E-state index >= 15 is 0 Å². The molecular weight excluding hydrogens is 230 g/mol. The van der Waals surface area contributed by atoms with E-state index in [2.05, 4.69) is 26.0 Å². The molecule has 0 amide bonds. The summed E-state index contributed by atoms with van der Waals surface area (Å²) >= 11 is 3.18. The second-order valence-corrected chi connectivity index (χ2v) is 2.57. The molecule has 0 N–H and O–H groups in total. The van der Waals surface area contributed by atoms with Gasteiger partial charge in [-0.25, -0.2) is 9.67 Å². The molecule has 0 aromatic carbocycles. The molecule has 4 heteroatoms. The number of hydrogen-bond acceptors (Lipinski definition) is 2. The van der Waals surface area contributed by atoms with Gasteiger partial charge in [0.2, 0.25) is 4.73 Å². The molecule has 13 heavy (non-hydrogen) atoms. The monoisotopic (exact) mass is 247 g/mol. The average Bonchev–Trinajstić information content (AvgIpc) is 2.35. The molecule has 0 aliphatic carbocycles. The Kier molecular flexibility index (Phi) is 9.12. The summed E-state index contributed by atoms with van der Waals surface area (Å²) in [6.07, 6.45) is 3.83. The molecular formula is C9H18BrN3. The van der Waals surface area contributed by atoms with Crippen LogP contribution in [0.15, 0.2) is 10.8 Å². The van der Waals surface area contributed by atoms with Gasteiger partial charge in [-0.1, -0.05) is 27.4 Å². The van der Waals surface area contributed by atoms with Crippen molar-refractivity contribution < 1.29 is 0 Å². The van der Waals surface area contributed by atoms with Crippen molar-refractivity contribution in [3.63, 3.8) is 0 Å². The van der Waals surface area contributed by atoms with Crippen LogP contribution in [-0.4, -0.2) is 14.8 Å². The molecule has 0 bridgehead atoms. The third-order valence-corrected chi connectivity index (χ3v) is 1.42. The second kappa shape index (κ2) is 7.98. The highest BCUT2D eigenvalue weighted by Crippen LogP contribution is 2.04. The van der Waals surface area contributed by atoms with Gasteiger partial charge in [0.1, 0.15) is 0 Å². The van der Waals surface area contributed by atoms with Crippen LogP contribution in [0.1, 0.15) is 34.0 Å². The quantitative estimate of drug-likeness (QED) is 0.763. The summed E-state index contributed by atoms with van der Waals surface area (Å²) in [5, 5.41) is 4.00. The van der Waals surface area contributed by atoms with Crippen LogP contribution in [0.4, 0.5) is 0 Å². The summed E-state index contributed by atoms with van der Waals surface area (Å²) in [6, 6.07) is 0. The number of hydrogen-bond donors (Lipinski definition) is 0. The normalized spacial score (nSPS) is 9.00. The first-order chi connectivity index (χ1) is 5.74. The van der Waals surface area contributed by atoms with Gasteiger partial charge in [0, 0.05) is 7.05 Å². The molecule has 0 saturated carbocycles. The zero-order chi connectivity index (χ0) is 9.56. The van der Waals surface area contributed by atoms with Crippen LogP contribution < -0.4 is 0 Å². The molecule has 3 nitrogen and oxygen atoms in total. The Morgan fingerprint density at radius 2 is 1.92 bits per heavy atom. The van der Waals surface area contributed by atoms with Gasteiger partial charge in [0.15, 0.2) is 5.82 Å². The molecule has 0 aliphatic heterocycles. The van der Waals surface area contributed by atoms with Crippen LogP contribution in [0.3, 0.4) is 0 Å². The maximum Gasteiger partial charge on any atom is 0.217 e. The number of aromatic nitrogens is 3. The minimum absolute atomic E-state index is 0. The minimum Gasteiger partial charge on any atom is -0.248 e. The smallest absolute Gasteiger partial charge is 0.217 e. The van der Waals surface area contributed by atoms with Crippen LogP contribution in [0.25, 0.3) is 6.08 Å². The molecule has 0 fully saturated rings. The number of aryl methyl sites for hydroxylation is 1. The van der Waals surface area contributed by atoms with Gasteiger partial charge in [0.25, 0.3) is 0 Å².